The highest BCUT2D eigenvalue weighted by Crippen LogP contribution is 2.53. The fraction of sp³-hybridized carbons (Fsp3) is 0.0526. The number of hydrogen-bond acceptors (Lipinski definition) is 2. The number of rotatable bonds is 3. The van der Waals surface area contributed by atoms with Gasteiger partial charge in [-0.15, -0.1) is 22.7 Å². The minimum absolute atomic E-state index is 0.194. The second kappa shape index (κ2) is 12.2. The van der Waals surface area contributed by atoms with Crippen LogP contribution in [-0.4, -0.2) is 0 Å². The average molecular weight is 785 g/mol. The van der Waals surface area contributed by atoms with Crippen LogP contribution in [0.2, 0.25) is 0 Å². The molecule has 10 aromatic carbocycles. The van der Waals surface area contributed by atoms with Crippen molar-refractivity contribution in [2.24, 2.45) is 0 Å². The summed E-state index contributed by atoms with van der Waals surface area (Å²) in [5, 5.41) is 13.2. The Labute approximate surface area is 350 Å². The van der Waals surface area contributed by atoms with Crippen molar-refractivity contribution in [2.45, 2.75) is 19.3 Å². The van der Waals surface area contributed by atoms with Gasteiger partial charge < -0.3 is 0 Å². The van der Waals surface area contributed by atoms with Crippen molar-refractivity contribution in [2.75, 3.05) is 0 Å². The molecule has 12 aromatic rings. The lowest BCUT2D eigenvalue weighted by atomic mass is 9.79. The van der Waals surface area contributed by atoms with E-state index >= 15 is 0 Å². The van der Waals surface area contributed by atoms with Crippen LogP contribution in [0.15, 0.2) is 182 Å². The molecule has 0 radical (unpaired) electrons. The lowest BCUT2D eigenvalue weighted by Gasteiger charge is -2.23. The standard InChI is InChI=1S/C57H36S2/c1-57(2)48-28-34(44-31-53-56(43-21-11-13-23-51(43)59-53)47-32-52-46(30-45(44)47)38-16-10-12-22-50(38)58-52)24-26-36(48)37-27-25-35(29-49(37)57)55-41-19-8-6-17-39(41)54(33-14-4-3-5-15-33)40-18-7-9-20-42(40)55/h3-32H,1-2H3. The quantitative estimate of drug-likeness (QED) is 0.157. The van der Waals surface area contributed by atoms with E-state index in [9.17, 15) is 0 Å². The van der Waals surface area contributed by atoms with Crippen molar-refractivity contribution in [1.82, 2.24) is 0 Å². The molecule has 0 fully saturated rings. The predicted molar refractivity (Wildman–Crippen MR) is 259 cm³/mol. The molecule has 0 N–H and O–H groups in total. The Morgan fingerprint density at radius 1 is 0.305 bits per heavy atom. The van der Waals surface area contributed by atoms with E-state index in [-0.39, 0.29) is 5.41 Å². The molecule has 276 valence electrons. The van der Waals surface area contributed by atoms with Crippen LogP contribution in [0.5, 0.6) is 0 Å². The van der Waals surface area contributed by atoms with Crippen LogP contribution in [0.3, 0.4) is 0 Å². The van der Waals surface area contributed by atoms with E-state index in [1.807, 2.05) is 22.7 Å². The maximum Gasteiger partial charge on any atom is 0.0368 e. The molecule has 13 rings (SSSR count). The number of benzene rings is 10. The van der Waals surface area contributed by atoms with Gasteiger partial charge in [0.2, 0.25) is 0 Å². The molecule has 0 saturated carbocycles. The van der Waals surface area contributed by atoms with Crippen LogP contribution in [0, 0.1) is 0 Å². The summed E-state index contributed by atoms with van der Waals surface area (Å²) in [6.07, 6.45) is 0. The molecule has 0 nitrogen and oxygen atoms in total. The second-order valence-electron chi connectivity index (χ2n) is 16.7. The van der Waals surface area contributed by atoms with E-state index in [4.69, 9.17) is 0 Å². The summed E-state index contributed by atoms with van der Waals surface area (Å²) in [4.78, 5) is 0. The Morgan fingerprint density at radius 2 is 0.814 bits per heavy atom. The Kier molecular flexibility index (Phi) is 6.92. The smallest absolute Gasteiger partial charge is 0.0368 e. The minimum Gasteiger partial charge on any atom is -0.135 e. The first kappa shape index (κ1) is 33.4. The number of fused-ring (bicyclic) bond motifs is 13. The summed E-state index contributed by atoms with van der Waals surface area (Å²) in [6, 6.07) is 68.7. The highest BCUT2D eigenvalue weighted by molar-refractivity contribution is 7.26. The average Bonchev–Trinajstić information content (AvgIpc) is 3.91. The highest BCUT2D eigenvalue weighted by atomic mass is 32.1. The molecule has 1 aliphatic rings. The van der Waals surface area contributed by atoms with Crippen molar-refractivity contribution < 1.29 is 0 Å². The topological polar surface area (TPSA) is 0 Å². The first-order valence-electron chi connectivity index (χ1n) is 20.5. The van der Waals surface area contributed by atoms with Gasteiger partial charge in [0.15, 0.2) is 0 Å². The zero-order chi connectivity index (χ0) is 39.0. The van der Waals surface area contributed by atoms with Gasteiger partial charge >= 0.3 is 0 Å². The van der Waals surface area contributed by atoms with Gasteiger partial charge in [0.25, 0.3) is 0 Å². The first-order valence-corrected chi connectivity index (χ1v) is 22.1. The fourth-order valence-electron chi connectivity index (χ4n) is 10.5. The van der Waals surface area contributed by atoms with Crippen LogP contribution in [0.25, 0.3) is 117 Å². The minimum atomic E-state index is -0.194. The Morgan fingerprint density at radius 3 is 1.47 bits per heavy atom. The third-order valence-electron chi connectivity index (χ3n) is 13.2. The summed E-state index contributed by atoms with van der Waals surface area (Å²) >= 11 is 3.82. The summed E-state index contributed by atoms with van der Waals surface area (Å²) in [5.41, 5.74) is 13.0. The van der Waals surface area contributed by atoms with Gasteiger partial charge in [-0.25, -0.2) is 0 Å². The van der Waals surface area contributed by atoms with Gasteiger partial charge in [0, 0.05) is 45.8 Å². The largest absolute Gasteiger partial charge is 0.135 e. The molecule has 1 aliphatic carbocycles. The summed E-state index contributed by atoms with van der Waals surface area (Å²) in [6.45, 7) is 4.85. The molecular formula is C57H36S2. The molecule has 2 heterocycles. The molecule has 0 saturated heterocycles. The Hall–Kier alpha value is -6.58. The van der Waals surface area contributed by atoms with Crippen molar-refractivity contribution in [3.63, 3.8) is 0 Å². The zero-order valence-corrected chi connectivity index (χ0v) is 34.3. The molecule has 0 atom stereocenters. The maximum absolute atomic E-state index is 2.51. The maximum atomic E-state index is 2.51. The van der Waals surface area contributed by atoms with E-state index in [1.165, 1.54) is 128 Å². The van der Waals surface area contributed by atoms with Crippen molar-refractivity contribution in [1.29, 1.82) is 0 Å². The highest BCUT2D eigenvalue weighted by Gasteiger charge is 2.36. The van der Waals surface area contributed by atoms with Gasteiger partial charge in [-0.3, -0.25) is 0 Å². The van der Waals surface area contributed by atoms with Gasteiger partial charge in [-0.2, -0.15) is 0 Å². The fourth-order valence-corrected chi connectivity index (χ4v) is 12.8. The Bertz CT molecular complexity index is 3690. The van der Waals surface area contributed by atoms with E-state index in [0.717, 1.165) is 0 Å². The summed E-state index contributed by atoms with van der Waals surface area (Å²) < 4.78 is 5.38. The van der Waals surface area contributed by atoms with Gasteiger partial charge in [-0.1, -0.05) is 153 Å². The molecule has 0 aliphatic heterocycles. The van der Waals surface area contributed by atoms with Crippen molar-refractivity contribution in [3.05, 3.63) is 193 Å². The Balaban J connectivity index is 1.01. The van der Waals surface area contributed by atoms with Crippen LogP contribution >= 0.6 is 22.7 Å². The summed E-state index contributed by atoms with van der Waals surface area (Å²) in [5.74, 6) is 0. The summed E-state index contributed by atoms with van der Waals surface area (Å²) in [7, 11) is 0. The van der Waals surface area contributed by atoms with Crippen molar-refractivity contribution >= 4 is 95.3 Å². The molecular weight excluding hydrogens is 749 g/mol. The predicted octanol–water partition coefficient (Wildman–Crippen LogP) is 17.2. The molecule has 2 aromatic heterocycles. The SMILES string of the molecule is CC1(C)c2cc(-c3c4ccccc4c(-c4ccccc4)c4ccccc34)ccc2-c2ccc(-c3cc4sc5ccccc5c4c4cc5sc6ccccc6c5cc34)cc21. The number of thiophene rings is 2. The lowest BCUT2D eigenvalue weighted by Crippen LogP contribution is -2.15. The molecule has 0 bridgehead atoms. The van der Waals surface area contributed by atoms with Crippen molar-refractivity contribution in [3.8, 4) is 44.5 Å². The van der Waals surface area contributed by atoms with E-state index in [2.05, 4.69) is 196 Å². The van der Waals surface area contributed by atoms with E-state index in [0.29, 0.717) is 0 Å². The van der Waals surface area contributed by atoms with Crippen LogP contribution in [0.1, 0.15) is 25.0 Å². The molecule has 0 amide bonds. The van der Waals surface area contributed by atoms with Crippen LogP contribution in [0.4, 0.5) is 0 Å². The second-order valence-corrected chi connectivity index (χ2v) is 18.9. The van der Waals surface area contributed by atoms with Crippen LogP contribution < -0.4 is 0 Å². The normalized spacial score (nSPS) is 13.4. The first-order chi connectivity index (χ1) is 29.0. The van der Waals surface area contributed by atoms with Gasteiger partial charge in [-0.05, 0) is 130 Å². The third-order valence-corrected chi connectivity index (χ3v) is 15.5. The zero-order valence-electron chi connectivity index (χ0n) is 32.6. The third kappa shape index (κ3) is 4.70. The molecule has 59 heavy (non-hydrogen) atoms. The van der Waals surface area contributed by atoms with E-state index in [1.54, 1.807) is 0 Å². The molecule has 2 heteroatoms. The monoisotopic (exact) mass is 784 g/mol. The van der Waals surface area contributed by atoms with E-state index < -0.39 is 0 Å². The lowest BCUT2D eigenvalue weighted by molar-refractivity contribution is 0.661. The van der Waals surface area contributed by atoms with Crippen LogP contribution in [-0.2, 0) is 5.41 Å². The molecule has 0 unspecified atom stereocenters. The number of hydrogen-bond donors (Lipinski definition) is 0. The van der Waals surface area contributed by atoms with Gasteiger partial charge in [0.1, 0.15) is 0 Å². The molecule has 0 spiro atoms. The van der Waals surface area contributed by atoms with Gasteiger partial charge in [0.05, 0.1) is 0 Å².